The average molecular weight is 249 g/mol. The first-order valence-electron chi connectivity index (χ1n) is 6.50. The van der Waals surface area contributed by atoms with Crippen molar-refractivity contribution in [2.24, 2.45) is 11.3 Å². The van der Waals surface area contributed by atoms with E-state index in [1.165, 1.54) is 0 Å². The Kier molecular flexibility index (Phi) is 5.32. The van der Waals surface area contributed by atoms with Gasteiger partial charge in [-0.15, -0.1) is 0 Å². The van der Waals surface area contributed by atoms with Crippen LogP contribution in [0.2, 0.25) is 0 Å². The van der Waals surface area contributed by atoms with E-state index in [9.17, 15) is 8.78 Å². The highest BCUT2D eigenvalue weighted by Crippen LogP contribution is 2.37. The van der Waals surface area contributed by atoms with Crippen LogP contribution in [0.15, 0.2) is 0 Å². The van der Waals surface area contributed by atoms with Crippen LogP contribution in [0.5, 0.6) is 0 Å². The molecule has 0 heterocycles. The van der Waals surface area contributed by atoms with Gasteiger partial charge in [-0.3, -0.25) is 0 Å². The molecule has 0 aliphatic heterocycles. The van der Waals surface area contributed by atoms with E-state index in [1.54, 1.807) is 0 Å². The maximum absolute atomic E-state index is 12.1. The van der Waals surface area contributed by atoms with E-state index >= 15 is 0 Å². The molecule has 1 atom stereocenters. The Bertz CT molecular complexity index is 220. The van der Waals surface area contributed by atoms with E-state index in [-0.39, 0.29) is 6.54 Å². The van der Waals surface area contributed by atoms with Gasteiger partial charge >= 0.3 is 0 Å². The molecule has 4 heteroatoms. The predicted molar refractivity (Wildman–Crippen MR) is 65.2 cm³/mol. The second-order valence-electron chi connectivity index (χ2n) is 6.22. The molecule has 1 saturated carbocycles. The van der Waals surface area contributed by atoms with Gasteiger partial charge in [0.15, 0.2) is 0 Å². The van der Waals surface area contributed by atoms with Gasteiger partial charge in [0.1, 0.15) is 6.10 Å². The summed E-state index contributed by atoms with van der Waals surface area (Å²) in [6, 6.07) is 0.294. The minimum absolute atomic E-state index is 0.00250. The lowest BCUT2D eigenvalue weighted by atomic mass is 9.71. The summed E-state index contributed by atoms with van der Waals surface area (Å²) in [4.78, 5) is 0. The van der Waals surface area contributed by atoms with E-state index in [0.717, 1.165) is 31.6 Å². The lowest BCUT2D eigenvalue weighted by Gasteiger charge is -2.37. The quantitative estimate of drug-likeness (QED) is 0.803. The largest absolute Gasteiger partial charge is 0.386 e. The van der Waals surface area contributed by atoms with Crippen molar-refractivity contribution in [1.82, 2.24) is 5.32 Å². The van der Waals surface area contributed by atoms with Crippen LogP contribution in [0.1, 0.15) is 46.5 Å². The Balaban J connectivity index is 2.24. The summed E-state index contributed by atoms with van der Waals surface area (Å²) in [5.74, 6) is 0.723. The van der Waals surface area contributed by atoms with Gasteiger partial charge in [0.25, 0.3) is 6.43 Å². The number of hydrogen-bond acceptors (Lipinski definition) is 2. The van der Waals surface area contributed by atoms with Crippen molar-refractivity contribution in [3.05, 3.63) is 0 Å². The first kappa shape index (κ1) is 14.8. The first-order chi connectivity index (χ1) is 7.80. The predicted octanol–water partition coefficient (Wildman–Crippen LogP) is 2.81. The summed E-state index contributed by atoms with van der Waals surface area (Å²) in [6.07, 6.45) is 0.164. The Morgan fingerprint density at radius 1 is 1.18 bits per heavy atom. The molecular weight excluding hydrogens is 224 g/mol. The highest BCUT2D eigenvalue weighted by atomic mass is 19.3. The minimum Gasteiger partial charge on any atom is -0.386 e. The van der Waals surface area contributed by atoms with Crippen LogP contribution in [0.4, 0.5) is 8.78 Å². The van der Waals surface area contributed by atoms with Gasteiger partial charge in [-0.2, -0.15) is 0 Å². The molecule has 0 aromatic carbocycles. The second-order valence-corrected chi connectivity index (χ2v) is 6.22. The van der Waals surface area contributed by atoms with Gasteiger partial charge in [0.05, 0.1) is 0 Å². The van der Waals surface area contributed by atoms with E-state index in [1.807, 2.05) is 0 Å². The molecule has 0 radical (unpaired) electrons. The van der Waals surface area contributed by atoms with E-state index in [0.29, 0.717) is 11.5 Å². The maximum atomic E-state index is 12.1. The fourth-order valence-corrected chi connectivity index (χ4v) is 2.54. The zero-order chi connectivity index (χ0) is 13.1. The second kappa shape index (κ2) is 6.10. The lowest BCUT2D eigenvalue weighted by molar-refractivity contribution is -0.00581. The SMILES string of the molecule is CC(C)(C)C1CCC(NCC(O)C(F)F)CC1. The maximum Gasteiger partial charge on any atom is 0.265 e. The third-order valence-corrected chi connectivity index (χ3v) is 3.86. The summed E-state index contributed by atoms with van der Waals surface area (Å²) in [5.41, 5.74) is 0.341. The summed E-state index contributed by atoms with van der Waals surface area (Å²) in [5, 5.41) is 12.1. The van der Waals surface area contributed by atoms with Crippen LogP contribution in [0.25, 0.3) is 0 Å². The van der Waals surface area contributed by atoms with Crippen molar-refractivity contribution in [1.29, 1.82) is 0 Å². The van der Waals surface area contributed by atoms with Crippen LogP contribution >= 0.6 is 0 Å². The molecule has 0 aromatic rings. The van der Waals surface area contributed by atoms with Gasteiger partial charge in [0, 0.05) is 12.6 Å². The van der Waals surface area contributed by atoms with Crippen molar-refractivity contribution >= 4 is 0 Å². The van der Waals surface area contributed by atoms with Gasteiger partial charge < -0.3 is 10.4 Å². The molecule has 1 rings (SSSR count). The molecule has 102 valence electrons. The topological polar surface area (TPSA) is 32.3 Å². The van der Waals surface area contributed by atoms with Crippen molar-refractivity contribution in [2.45, 2.75) is 65.0 Å². The molecule has 2 nitrogen and oxygen atoms in total. The average Bonchev–Trinajstić information content (AvgIpc) is 2.25. The number of nitrogens with one attached hydrogen (secondary N) is 1. The van der Waals surface area contributed by atoms with Crippen LogP contribution in [0.3, 0.4) is 0 Å². The fourth-order valence-electron chi connectivity index (χ4n) is 2.54. The van der Waals surface area contributed by atoms with Crippen molar-refractivity contribution in [3.63, 3.8) is 0 Å². The molecule has 0 bridgehead atoms. The third kappa shape index (κ3) is 4.88. The third-order valence-electron chi connectivity index (χ3n) is 3.86. The highest BCUT2D eigenvalue weighted by molar-refractivity contribution is 4.83. The molecule has 1 fully saturated rings. The van der Waals surface area contributed by atoms with Crippen molar-refractivity contribution < 1.29 is 13.9 Å². The van der Waals surface area contributed by atoms with Gasteiger partial charge in [-0.1, -0.05) is 20.8 Å². The summed E-state index contributed by atoms with van der Waals surface area (Å²) < 4.78 is 24.2. The smallest absolute Gasteiger partial charge is 0.265 e. The normalized spacial score (nSPS) is 28.4. The fraction of sp³-hybridized carbons (Fsp3) is 1.00. The molecule has 0 spiro atoms. The zero-order valence-corrected chi connectivity index (χ0v) is 11.0. The molecule has 1 unspecified atom stereocenters. The Morgan fingerprint density at radius 2 is 1.71 bits per heavy atom. The molecule has 2 N–H and O–H groups in total. The number of aliphatic hydroxyl groups excluding tert-OH is 1. The van der Waals surface area contributed by atoms with E-state index < -0.39 is 12.5 Å². The van der Waals surface area contributed by atoms with Crippen LogP contribution in [0, 0.1) is 11.3 Å². The molecular formula is C13H25F2NO. The summed E-state index contributed by atoms with van der Waals surface area (Å²) >= 11 is 0. The molecule has 0 amide bonds. The van der Waals surface area contributed by atoms with Gasteiger partial charge in [-0.25, -0.2) is 8.78 Å². The van der Waals surface area contributed by atoms with Crippen LogP contribution < -0.4 is 5.32 Å². The molecule has 17 heavy (non-hydrogen) atoms. The van der Waals surface area contributed by atoms with Crippen molar-refractivity contribution in [3.8, 4) is 0 Å². The van der Waals surface area contributed by atoms with Crippen LogP contribution in [-0.4, -0.2) is 30.2 Å². The number of halogens is 2. The number of alkyl halides is 2. The van der Waals surface area contributed by atoms with Crippen LogP contribution in [-0.2, 0) is 0 Å². The summed E-state index contributed by atoms with van der Waals surface area (Å²) in [7, 11) is 0. The van der Waals surface area contributed by atoms with E-state index in [4.69, 9.17) is 5.11 Å². The van der Waals surface area contributed by atoms with Gasteiger partial charge in [-0.05, 0) is 37.0 Å². The Hall–Kier alpha value is -0.220. The Labute approximate surface area is 103 Å². The summed E-state index contributed by atoms with van der Waals surface area (Å²) in [6.45, 7) is 6.77. The first-order valence-corrected chi connectivity index (χ1v) is 6.50. The highest BCUT2D eigenvalue weighted by Gasteiger charge is 2.30. The van der Waals surface area contributed by atoms with Gasteiger partial charge in [0.2, 0.25) is 0 Å². The standard InChI is InChI=1S/C13H25F2NO/c1-13(2,3)9-4-6-10(7-5-9)16-8-11(17)12(14)15/h9-12,16-17H,4-8H2,1-3H3. The molecule has 1 aliphatic carbocycles. The van der Waals surface area contributed by atoms with Crippen molar-refractivity contribution in [2.75, 3.05) is 6.54 Å². The monoisotopic (exact) mass is 249 g/mol. The number of aliphatic hydroxyl groups is 1. The zero-order valence-electron chi connectivity index (χ0n) is 11.0. The number of hydrogen-bond donors (Lipinski definition) is 2. The number of rotatable bonds is 4. The lowest BCUT2D eigenvalue weighted by Crippen LogP contribution is -2.41. The Morgan fingerprint density at radius 3 is 2.12 bits per heavy atom. The molecule has 1 aliphatic rings. The minimum atomic E-state index is -2.64. The molecule has 0 saturated heterocycles. The van der Waals surface area contributed by atoms with E-state index in [2.05, 4.69) is 26.1 Å². The molecule has 0 aromatic heterocycles.